The first kappa shape index (κ1) is 12.5. The molecule has 17 heavy (non-hydrogen) atoms. The molecular formula is C13H11N3O. The Bertz CT molecular complexity index is 488. The number of rotatable bonds is 4. The van der Waals surface area contributed by atoms with Gasteiger partial charge >= 0.3 is 0 Å². The summed E-state index contributed by atoms with van der Waals surface area (Å²) in [4.78, 5) is 4.19. The lowest BCUT2D eigenvalue weighted by Gasteiger charge is -2.01. The molecule has 0 amide bonds. The lowest BCUT2D eigenvalue weighted by atomic mass is 10.2. The van der Waals surface area contributed by atoms with E-state index in [4.69, 9.17) is 15.3 Å². The van der Waals surface area contributed by atoms with Crippen LogP contribution in [0.5, 0.6) is 0 Å². The Hall–Kier alpha value is -2.59. The van der Waals surface area contributed by atoms with Crippen molar-refractivity contribution in [2.24, 2.45) is 4.99 Å². The third kappa shape index (κ3) is 3.81. The molecule has 0 atom stereocenters. The van der Waals surface area contributed by atoms with Crippen molar-refractivity contribution in [2.45, 2.75) is 6.42 Å². The molecule has 0 aliphatic heterocycles. The van der Waals surface area contributed by atoms with E-state index in [2.05, 4.69) is 4.99 Å². The van der Waals surface area contributed by atoms with Gasteiger partial charge in [-0.15, -0.1) is 0 Å². The molecule has 0 aliphatic carbocycles. The summed E-state index contributed by atoms with van der Waals surface area (Å²) in [5.41, 5.74) is 0.797. The van der Waals surface area contributed by atoms with Crippen molar-refractivity contribution in [1.82, 2.24) is 0 Å². The molecule has 1 rings (SSSR count). The smallest absolute Gasteiger partial charge is 0.167 e. The maximum atomic E-state index is 8.69. The van der Waals surface area contributed by atoms with Crippen LogP contribution in [-0.2, 0) is 4.74 Å². The van der Waals surface area contributed by atoms with Gasteiger partial charge in [-0.3, -0.25) is 4.99 Å². The zero-order chi connectivity index (χ0) is 12.5. The summed E-state index contributed by atoms with van der Waals surface area (Å²) in [7, 11) is 1.43. The summed E-state index contributed by atoms with van der Waals surface area (Å²) in [6, 6.07) is 13.0. The van der Waals surface area contributed by atoms with E-state index in [0.717, 1.165) is 5.69 Å². The quantitative estimate of drug-likeness (QED) is 0.449. The molecule has 4 heteroatoms. The van der Waals surface area contributed by atoms with Crippen LogP contribution in [0.2, 0.25) is 0 Å². The van der Waals surface area contributed by atoms with Gasteiger partial charge in [-0.1, -0.05) is 18.2 Å². The van der Waals surface area contributed by atoms with Gasteiger partial charge < -0.3 is 4.74 Å². The lowest BCUT2D eigenvalue weighted by Crippen LogP contribution is -1.92. The van der Waals surface area contributed by atoms with Gasteiger partial charge in [-0.05, 0) is 12.1 Å². The second-order valence-corrected chi connectivity index (χ2v) is 3.08. The molecule has 1 aromatic rings. The highest BCUT2D eigenvalue weighted by Crippen LogP contribution is 2.11. The van der Waals surface area contributed by atoms with Crippen LogP contribution in [0.25, 0.3) is 0 Å². The van der Waals surface area contributed by atoms with Gasteiger partial charge in [0.15, 0.2) is 5.57 Å². The fourth-order valence-electron chi connectivity index (χ4n) is 1.19. The topological polar surface area (TPSA) is 69.2 Å². The minimum absolute atomic E-state index is 0.0213. The monoisotopic (exact) mass is 225 g/mol. The van der Waals surface area contributed by atoms with Crippen molar-refractivity contribution in [3.63, 3.8) is 0 Å². The van der Waals surface area contributed by atoms with Crippen molar-refractivity contribution >= 4 is 11.9 Å². The van der Waals surface area contributed by atoms with Gasteiger partial charge in [-0.25, -0.2) is 0 Å². The van der Waals surface area contributed by atoms with Gasteiger partial charge in [0.2, 0.25) is 0 Å². The molecule has 0 spiro atoms. The maximum absolute atomic E-state index is 8.69. The van der Waals surface area contributed by atoms with Crippen LogP contribution in [-0.4, -0.2) is 13.3 Å². The zero-order valence-corrected chi connectivity index (χ0v) is 9.42. The van der Waals surface area contributed by atoms with Crippen LogP contribution < -0.4 is 0 Å². The first-order valence-corrected chi connectivity index (χ1v) is 4.96. The average Bonchev–Trinajstić information content (AvgIpc) is 2.39. The predicted molar refractivity (Wildman–Crippen MR) is 64.5 cm³/mol. The third-order valence-electron chi connectivity index (χ3n) is 2.02. The summed E-state index contributed by atoms with van der Waals surface area (Å²) >= 11 is 0. The van der Waals surface area contributed by atoms with E-state index in [9.17, 15) is 0 Å². The highest BCUT2D eigenvalue weighted by molar-refractivity contribution is 5.66. The highest BCUT2D eigenvalue weighted by Gasteiger charge is 2.04. The van der Waals surface area contributed by atoms with Crippen LogP contribution >= 0.6 is 0 Å². The molecular weight excluding hydrogens is 214 g/mol. The first-order valence-electron chi connectivity index (χ1n) is 4.96. The van der Waals surface area contributed by atoms with Crippen molar-refractivity contribution in [1.29, 1.82) is 10.5 Å². The Morgan fingerprint density at radius 1 is 1.29 bits per heavy atom. The minimum Gasteiger partial charge on any atom is -0.499 e. The molecule has 0 saturated carbocycles. The fourth-order valence-corrected chi connectivity index (χ4v) is 1.19. The summed E-state index contributed by atoms with van der Waals surface area (Å²) in [5.74, 6) is 0.328. The molecule has 0 saturated heterocycles. The Labute approximate surface area is 100 Å². The Morgan fingerprint density at radius 2 is 1.94 bits per heavy atom. The van der Waals surface area contributed by atoms with Crippen LogP contribution in [0.4, 0.5) is 5.69 Å². The number of hydrogen-bond acceptors (Lipinski definition) is 4. The molecule has 0 unspecified atom stereocenters. The van der Waals surface area contributed by atoms with Gasteiger partial charge in [0.05, 0.1) is 12.8 Å². The zero-order valence-electron chi connectivity index (χ0n) is 9.42. The molecule has 0 heterocycles. The number of ether oxygens (including phenoxy) is 1. The van der Waals surface area contributed by atoms with Crippen molar-refractivity contribution < 1.29 is 4.74 Å². The molecule has 1 aromatic carbocycles. The molecule has 84 valence electrons. The molecule has 0 fully saturated rings. The standard InChI is InChI=1S/C13H11N3O/c1-17-13(11(9-14)10-15)7-8-16-12-5-3-2-4-6-12/h2-6,8H,7H2,1H3. The van der Waals surface area contributed by atoms with Crippen molar-refractivity contribution in [2.75, 3.05) is 7.11 Å². The van der Waals surface area contributed by atoms with Gasteiger partial charge in [0.25, 0.3) is 0 Å². The molecule has 0 N–H and O–H groups in total. The summed E-state index contributed by atoms with van der Waals surface area (Å²) in [6.45, 7) is 0. The largest absolute Gasteiger partial charge is 0.499 e. The molecule has 0 aliphatic rings. The van der Waals surface area contributed by atoms with E-state index in [1.807, 2.05) is 30.3 Å². The predicted octanol–water partition coefficient (Wildman–Crippen LogP) is 2.73. The van der Waals surface area contributed by atoms with Gasteiger partial charge in [0.1, 0.15) is 17.9 Å². The number of para-hydroxylation sites is 1. The maximum Gasteiger partial charge on any atom is 0.167 e. The summed E-state index contributed by atoms with van der Waals surface area (Å²) in [5, 5.41) is 17.4. The Balaban J connectivity index is 2.74. The van der Waals surface area contributed by atoms with Gasteiger partial charge in [0, 0.05) is 12.6 Å². The normalized spacial score (nSPS) is 9.35. The summed E-state index contributed by atoms with van der Waals surface area (Å²) < 4.78 is 4.98. The second-order valence-electron chi connectivity index (χ2n) is 3.08. The van der Waals surface area contributed by atoms with E-state index >= 15 is 0 Å². The minimum atomic E-state index is -0.0213. The van der Waals surface area contributed by atoms with E-state index in [1.165, 1.54) is 7.11 Å². The third-order valence-corrected chi connectivity index (χ3v) is 2.02. The highest BCUT2D eigenvalue weighted by atomic mass is 16.5. The second kappa shape index (κ2) is 6.81. The fraction of sp³-hybridized carbons (Fsp3) is 0.154. The van der Waals surface area contributed by atoms with E-state index in [0.29, 0.717) is 12.2 Å². The molecule has 0 bridgehead atoms. The SMILES string of the molecule is COC(CC=Nc1ccccc1)=C(C#N)C#N. The number of allylic oxidation sites excluding steroid dienone is 2. The lowest BCUT2D eigenvalue weighted by molar-refractivity contribution is 0.286. The molecule has 4 nitrogen and oxygen atoms in total. The Kier molecular flexibility index (Phi) is 5.00. The number of nitriles is 2. The molecule has 0 radical (unpaired) electrons. The van der Waals surface area contributed by atoms with E-state index < -0.39 is 0 Å². The number of nitrogens with zero attached hydrogens (tertiary/aromatic N) is 3. The van der Waals surface area contributed by atoms with Crippen LogP contribution in [0.1, 0.15) is 6.42 Å². The van der Waals surface area contributed by atoms with Gasteiger partial charge in [-0.2, -0.15) is 10.5 Å². The number of aliphatic imine (C=N–C) groups is 1. The van der Waals surface area contributed by atoms with Crippen LogP contribution in [0.15, 0.2) is 46.7 Å². The Morgan fingerprint density at radius 3 is 2.47 bits per heavy atom. The first-order chi connectivity index (χ1) is 8.31. The summed E-state index contributed by atoms with van der Waals surface area (Å²) in [6.07, 6.45) is 1.94. The van der Waals surface area contributed by atoms with Crippen molar-refractivity contribution in [3.8, 4) is 12.1 Å². The number of benzene rings is 1. The van der Waals surface area contributed by atoms with E-state index in [1.54, 1.807) is 18.4 Å². The van der Waals surface area contributed by atoms with E-state index in [-0.39, 0.29) is 5.57 Å². The van der Waals surface area contributed by atoms with Crippen molar-refractivity contribution in [3.05, 3.63) is 41.7 Å². The van der Waals surface area contributed by atoms with Crippen LogP contribution in [0, 0.1) is 22.7 Å². The number of hydrogen-bond donors (Lipinski definition) is 0. The average molecular weight is 225 g/mol. The molecule has 0 aromatic heterocycles. The van der Waals surface area contributed by atoms with Crippen LogP contribution in [0.3, 0.4) is 0 Å². The number of methoxy groups -OCH3 is 1.